The molecule has 0 bridgehead atoms. The molecular weight excluding hydrogens is 432 g/mol. The van der Waals surface area contributed by atoms with Crippen LogP contribution in [0.2, 0.25) is 0 Å². The fourth-order valence-corrected chi connectivity index (χ4v) is 2.70. The normalized spacial score (nSPS) is 10.7. The maximum absolute atomic E-state index is 11.6. The zero-order valence-corrected chi connectivity index (χ0v) is 14.8. The van der Waals surface area contributed by atoms with E-state index < -0.39 is 0 Å². The van der Waals surface area contributed by atoms with E-state index >= 15 is 0 Å². The molecular formula is C11H15Br3N2O2. The molecule has 0 aliphatic carbocycles. The first-order chi connectivity index (χ1) is 8.56. The highest BCUT2D eigenvalue weighted by Crippen LogP contribution is 2.30. The van der Waals surface area contributed by atoms with Crippen molar-refractivity contribution in [3.8, 4) is 0 Å². The van der Waals surface area contributed by atoms with Gasteiger partial charge in [0.2, 0.25) is 0 Å². The Morgan fingerprint density at radius 3 is 2.56 bits per heavy atom. The second-order valence-corrected chi connectivity index (χ2v) is 6.13. The maximum Gasteiger partial charge on any atom is 0.327 e. The molecule has 1 rings (SSSR count). The van der Waals surface area contributed by atoms with Crippen LogP contribution in [0, 0.1) is 0 Å². The molecule has 0 spiro atoms. The highest BCUT2D eigenvalue weighted by atomic mass is 79.9. The van der Waals surface area contributed by atoms with Gasteiger partial charge in [-0.05, 0) is 54.2 Å². The number of hydrogen-bond acceptors (Lipinski definition) is 3. The third-order valence-electron chi connectivity index (χ3n) is 2.34. The largest absolute Gasteiger partial charge is 0.464 e. The van der Waals surface area contributed by atoms with Crippen LogP contribution in [0.15, 0.2) is 13.7 Å². The van der Waals surface area contributed by atoms with Crippen molar-refractivity contribution in [1.82, 2.24) is 9.78 Å². The molecule has 18 heavy (non-hydrogen) atoms. The zero-order valence-electron chi connectivity index (χ0n) is 10.1. The topological polar surface area (TPSA) is 44.1 Å². The Kier molecular flexibility index (Phi) is 7.48. The Bertz CT molecular complexity index is 407. The minimum Gasteiger partial charge on any atom is -0.464 e. The number of halogens is 3. The summed E-state index contributed by atoms with van der Waals surface area (Å²) in [6.07, 6.45) is 4.39. The Balaban J connectivity index is 2.33. The predicted molar refractivity (Wildman–Crippen MR) is 80.4 cm³/mol. The van der Waals surface area contributed by atoms with Crippen molar-refractivity contribution < 1.29 is 9.53 Å². The summed E-state index contributed by atoms with van der Waals surface area (Å²) in [6, 6.07) is 0. The summed E-state index contributed by atoms with van der Waals surface area (Å²) in [5.74, 6) is -0.269. The quantitative estimate of drug-likeness (QED) is 0.463. The van der Waals surface area contributed by atoms with Crippen LogP contribution in [0.1, 0.15) is 32.6 Å². The molecule has 0 unspecified atom stereocenters. The molecule has 102 valence electrons. The molecule has 1 aromatic rings. The van der Waals surface area contributed by atoms with Gasteiger partial charge in [-0.3, -0.25) is 4.79 Å². The molecule has 0 saturated heterocycles. The summed E-state index contributed by atoms with van der Waals surface area (Å²) in [4.78, 5) is 11.6. The minimum absolute atomic E-state index is 0.110. The molecule has 0 N–H and O–H groups in total. The molecule has 0 fully saturated rings. The van der Waals surface area contributed by atoms with E-state index in [1.165, 1.54) is 12.8 Å². The minimum atomic E-state index is -0.269. The number of carbonyl (C=O) groups is 1. The van der Waals surface area contributed by atoms with Crippen molar-refractivity contribution in [2.45, 2.75) is 39.2 Å². The van der Waals surface area contributed by atoms with E-state index in [4.69, 9.17) is 4.74 Å². The Labute approximate surface area is 132 Å². The summed E-state index contributed by atoms with van der Waals surface area (Å²) in [7, 11) is 0. The van der Waals surface area contributed by atoms with Gasteiger partial charge in [0.1, 0.15) is 15.8 Å². The first-order valence-corrected chi connectivity index (χ1v) is 8.17. The summed E-state index contributed by atoms with van der Waals surface area (Å²) < 4.78 is 8.86. The second-order valence-electron chi connectivity index (χ2n) is 3.83. The number of ether oxygens (including phenoxy) is 1. The maximum atomic E-state index is 11.6. The fraction of sp³-hybridized carbons (Fsp3) is 0.636. The van der Waals surface area contributed by atoms with Crippen LogP contribution < -0.4 is 0 Å². The molecule has 1 aromatic heterocycles. The summed E-state index contributed by atoms with van der Waals surface area (Å²) in [6.45, 7) is 2.75. The van der Waals surface area contributed by atoms with E-state index in [1.54, 1.807) is 4.68 Å². The van der Waals surface area contributed by atoms with Gasteiger partial charge in [0.15, 0.2) is 0 Å². The lowest BCUT2D eigenvalue weighted by Crippen LogP contribution is -2.15. The summed E-state index contributed by atoms with van der Waals surface area (Å²) in [5, 5.41) is 4.15. The van der Waals surface area contributed by atoms with Gasteiger partial charge < -0.3 is 4.74 Å². The Hall–Kier alpha value is 0.120. The third-order valence-corrected chi connectivity index (χ3v) is 5.51. The monoisotopic (exact) mass is 444 g/mol. The lowest BCUT2D eigenvalue weighted by atomic mass is 10.2. The first-order valence-electron chi connectivity index (χ1n) is 5.79. The van der Waals surface area contributed by atoms with Gasteiger partial charge in [-0.25, -0.2) is 4.68 Å². The van der Waals surface area contributed by atoms with E-state index in [-0.39, 0.29) is 12.5 Å². The van der Waals surface area contributed by atoms with E-state index in [0.717, 1.165) is 21.9 Å². The summed E-state index contributed by atoms with van der Waals surface area (Å²) in [5.41, 5.74) is 0. The Morgan fingerprint density at radius 2 is 2.00 bits per heavy atom. The van der Waals surface area contributed by atoms with Crippen LogP contribution >= 0.6 is 47.8 Å². The molecule has 0 amide bonds. The smallest absolute Gasteiger partial charge is 0.327 e. The third kappa shape index (κ3) is 5.01. The molecule has 0 aromatic carbocycles. The second kappa shape index (κ2) is 8.32. The molecule has 0 saturated carbocycles. The fourth-order valence-electron chi connectivity index (χ4n) is 1.38. The lowest BCUT2D eigenvalue weighted by molar-refractivity contribution is -0.144. The van der Waals surface area contributed by atoms with Gasteiger partial charge >= 0.3 is 5.97 Å². The molecule has 0 aliphatic heterocycles. The molecule has 0 aliphatic rings. The van der Waals surface area contributed by atoms with Crippen molar-refractivity contribution in [3.05, 3.63) is 13.7 Å². The van der Waals surface area contributed by atoms with E-state index in [1.807, 2.05) is 0 Å². The predicted octanol–water partition coefficient (Wildman–Crippen LogP) is 4.29. The molecule has 0 atom stereocenters. The SMILES string of the molecule is CCCCCCOC(=O)Cn1nc(Br)c(Br)c1Br. The lowest BCUT2D eigenvalue weighted by Gasteiger charge is -2.05. The van der Waals surface area contributed by atoms with Gasteiger partial charge in [-0.2, -0.15) is 5.10 Å². The van der Waals surface area contributed by atoms with Gasteiger partial charge in [-0.1, -0.05) is 26.2 Å². The average Bonchev–Trinajstić information content (AvgIpc) is 2.57. The van der Waals surface area contributed by atoms with Crippen molar-refractivity contribution >= 4 is 53.8 Å². The molecule has 1 heterocycles. The highest BCUT2D eigenvalue weighted by molar-refractivity contribution is 9.14. The highest BCUT2D eigenvalue weighted by Gasteiger charge is 2.14. The van der Waals surface area contributed by atoms with Crippen molar-refractivity contribution in [3.63, 3.8) is 0 Å². The number of carbonyl (C=O) groups excluding carboxylic acids is 1. The molecule has 7 heteroatoms. The number of nitrogens with zero attached hydrogens (tertiary/aromatic N) is 2. The van der Waals surface area contributed by atoms with Crippen LogP contribution in [0.5, 0.6) is 0 Å². The molecule has 0 radical (unpaired) electrons. The number of rotatable bonds is 7. The van der Waals surface area contributed by atoms with Crippen LogP contribution in [-0.2, 0) is 16.1 Å². The number of hydrogen-bond donors (Lipinski definition) is 0. The van der Waals surface area contributed by atoms with E-state index in [2.05, 4.69) is 59.8 Å². The van der Waals surface area contributed by atoms with E-state index in [0.29, 0.717) is 11.2 Å². The van der Waals surface area contributed by atoms with Crippen LogP contribution in [0.25, 0.3) is 0 Å². The van der Waals surface area contributed by atoms with Crippen LogP contribution in [0.3, 0.4) is 0 Å². The van der Waals surface area contributed by atoms with Crippen LogP contribution in [0.4, 0.5) is 0 Å². The average molecular weight is 447 g/mol. The molecule has 4 nitrogen and oxygen atoms in total. The standard InChI is InChI=1S/C11H15Br3N2O2/c1-2-3-4-5-6-18-8(17)7-16-11(14)9(12)10(13)15-16/h2-7H2,1H3. The Morgan fingerprint density at radius 1 is 1.28 bits per heavy atom. The van der Waals surface area contributed by atoms with Gasteiger partial charge in [0, 0.05) is 0 Å². The van der Waals surface area contributed by atoms with E-state index in [9.17, 15) is 4.79 Å². The van der Waals surface area contributed by atoms with Crippen molar-refractivity contribution in [1.29, 1.82) is 0 Å². The number of esters is 1. The van der Waals surface area contributed by atoms with Gasteiger partial charge in [0.05, 0.1) is 11.1 Å². The number of unbranched alkanes of at least 4 members (excludes halogenated alkanes) is 3. The zero-order chi connectivity index (χ0) is 13.5. The van der Waals surface area contributed by atoms with Crippen LogP contribution in [-0.4, -0.2) is 22.4 Å². The summed E-state index contributed by atoms with van der Waals surface area (Å²) >= 11 is 9.97. The van der Waals surface area contributed by atoms with Crippen molar-refractivity contribution in [2.75, 3.05) is 6.61 Å². The number of aromatic nitrogens is 2. The van der Waals surface area contributed by atoms with Gasteiger partial charge in [-0.15, -0.1) is 0 Å². The first kappa shape index (κ1) is 16.2. The van der Waals surface area contributed by atoms with Crippen molar-refractivity contribution in [2.24, 2.45) is 0 Å². The van der Waals surface area contributed by atoms with Gasteiger partial charge in [0.25, 0.3) is 0 Å².